The van der Waals surface area contributed by atoms with E-state index in [9.17, 15) is 14.4 Å². The second-order valence-corrected chi connectivity index (χ2v) is 8.62. The fourth-order valence-corrected chi connectivity index (χ4v) is 4.37. The third kappa shape index (κ3) is 6.28. The summed E-state index contributed by atoms with van der Waals surface area (Å²) in [5.74, 6) is -0.283. The van der Waals surface area contributed by atoms with Crippen molar-refractivity contribution in [2.75, 3.05) is 5.32 Å². The lowest BCUT2D eigenvalue weighted by molar-refractivity contribution is -0.112. The number of benzene rings is 3. The average molecular weight is 558 g/mol. The number of amides is 1. The minimum Gasteiger partial charge on any atom is -0.487 e. The summed E-state index contributed by atoms with van der Waals surface area (Å²) in [5, 5.41) is 12.2. The lowest BCUT2D eigenvalue weighted by atomic mass is 10.1. The van der Waals surface area contributed by atoms with Crippen LogP contribution in [0.5, 0.6) is 5.75 Å². The largest absolute Gasteiger partial charge is 0.487 e. The zero-order chi connectivity index (χ0) is 23.1. The Labute approximate surface area is 203 Å². The molecule has 0 aliphatic rings. The maximum absolute atomic E-state index is 13.4. The highest BCUT2D eigenvalue weighted by molar-refractivity contribution is 9.11. The van der Waals surface area contributed by atoms with Crippen LogP contribution in [0.25, 0.3) is 6.08 Å². The summed E-state index contributed by atoms with van der Waals surface area (Å²) in [6, 6.07) is 19.1. The maximum Gasteiger partial charge on any atom is 0.266 e. The van der Waals surface area contributed by atoms with Gasteiger partial charge in [0.25, 0.3) is 5.91 Å². The number of hydrogen-bond donors (Lipinski definition) is 1. The quantitative estimate of drug-likeness (QED) is 0.250. The molecule has 0 radical (unpaired) electrons. The van der Waals surface area contributed by atoms with Gasteiger partial charge in [-0.3, -0.25) is 4.79 Å². The molecule has 3 rings (SSSR count). The SMILES string of the molecule is CCc1ccc(NC(=O)/C(C#N)=C/c2cc(Br)c(OCc3cccc(F)c3)c(Br)c2)cc1. The molecule has 0 atom stereocenters. The summed E-state index contributed by atoms with van der Waals surface area (Å²) in [4.78, 5) is 12.5. The van der Waals surface area contributed by atoms with Crippen molar-refractivity contribution < 1.29 is 13.9 Å². The highest BCUT2D eigenvalue weighted by atomic mass is 79.9. The molecule has 0 saturated heterocycles. The number of halogens is 3. The van der Waals surface area contributed by atoms with Gasteiger partial charge in [-0.25, -0.2) is 4.39 Å². The van der Waals surface area contributed by atoms with Gasteiger partial charge in [-0.15, -0.1) is 0 Å². The number of anilines is 1. The van der Waals surface area contributed by atoms with Gasteiger partial charge in [0.15, 0.2) is 0 Å². The van der Waals surface area contributed by atoms with Crippen LogP contribution < -0.4 is 10.1 Å². The van der Waals surface area contributed by atoms with E-state index in [4.69, 9.17) is 4.74 Å². The molecule has 0 saturated carbocycles. The summed E-state index contributed by atoms with van der Waals surface area (Å²) in [7, 11) is 0. The van der Waals surface area contributed by atoms with Crippen LogP contribution in [0.15, 0.2) is 75.2 Å². The van der Waals surface area contributed by atoms with Crippen molar-refractivity contribution in [2.24, 2.45) is 0 Å². The molecule has 1 amide bonds. The van der Waals surface area contributed by atoms with E-state index >= 15 is 0 Å². The molecule has 32 heavy (non-hydrogen) atoms. The van der Waals surface area contributed by atoms with Crippen LogP contribution in [-0.4, -0.2) is 5.91 Å². The average Bonchev–Trinajstić information content (AvgIpc) is 2.77. The fraction of sp³-hybridized carbons (Fsp3) is 0.120. The van der Waals surface area contributed by atoms with Crippen LogP contribution in [0.2, 0.25) is 0 Å². The van der Waals surface area contributed by atoms with Gasteiger partial charge in [-0.2, -0.15) is 5.26 Å². The topological polar surface area (TPSA) is 62.1 Å². The zero-order valence-corrected chi connectivity index (χ0v) is 20.3. The molecule has 0 heterocycles. The molecule has 0 spiro atoms. The van der Waals surface area contributed by atoms with Crippen molar-refractivity contribution in [3.8, 4) is 11.8 Å². The molecule has 0 unspecified atom stereocenters. The molecule has 3 aromatic rings. The van der Waals surface area contributed by atoms with Gasteiger partial charge in [-0.05, 0) is 97.4 Å². The monoisotopic (exact) mass is 556 g/mol. The zero-order valence-electron chi connectivity index (χ0n) is 17.2. The Kier molecular flexibility index (Phi) is 8.20. The van der Waals surface area contributed by atoms with Crippen molar-refractivity contribution in [1.29, 1.82) is 5.26 Å². The van der Waals surface area contributed by atoms with Crippen molar-refractivity contribution >= 4 is 49.5 Å². The van der Waals surface area contributed by atoms with Crippen LogP contribution >= 0.6 is 31.9 Å². The minimum absolute atomic E-state index is 0.0307. The summed E-state index contributed by atoms with van der Waals surface area (Å²) in [6.45, 7) is 2.24. The fourth-order valence-electron chi connectivity index (χ4n) is 2.92. The van der Waals surface area contributed by atoms with E-state index in [2.05, 4.69) is 44.1 Å². The number of hydrogen-bond acceptors (Lipinski definition) is 3. The van der Waals surface area contributed by atoms with E-state index in [-0.39, 0.29) is 18.0 Å². The third-order valence-corrected chi connectivity index (χ3v) is 5.77. The summed E-state index contributed by atoms with van der Waals surface area (Å²) >= 11 is 6.92. The van der Waals surface area contributed by atoms with Gasteiger partial charge in [0.05, 0.1) is 8.95 Å². The third-order valence-electron chi connectivity index (χ3n) is 4.59. The molecular weight excluding hydrogens is 539 g/mol. The number of carbonyl (C=O) groups excluding carboxylic acids is 1. The van der Waals surface area contributed by atoms with Crippen LogP contribution in [0.4, 0.5) is 10.1 Å². The summed E-state index contributed by atoms with van der Waals surface area (Å²) in [6.07, 6.45) is 2.41. The number of nitrogens with zero attached hydrogens (tertiary/aromatic N) is 1. The molecule has 7 heteroatoms. The first-order chi connectivity index (χ1) is 15.4. The van der Waals surface area contributed by atoms with E-state index < -0.39 is 5.91 Å². The Hall–Kier alpha value is -2.95. The van der Waals surface area contributed by atoms with Gasteiger partial charge in [-0.1, -0.05) is 31.2 Å². The number of aryl methyl sites for hydroxylation is 1. The standard InChI is InChI=1S/C25H19Br2FN2O2/c1-2-16-6-8-21(9-7-16)30-25(31)19(14-29)10-18-12-22(26)24(23(27)13-18)32-15-17-4-3-5-20(28)11-17/h3-13H,2,15H2,1H3,(H,30,31)/b19-10+. The molecule has 0 aromatic heterocycles. The molecule has 0 aliphatic carbocycles. The molecule has 0 aliphatic heterocycles. The Balaban J connectivity index is 1.75. The minimum atomic E-state index is -0.490. The number of rotatable bonds is 7. The van der Waals surface area contributed by atoms with E-state index in [1.165, 1.54) is 18.2 Å². The smallest absolute Gasteiger partial charge is 0.266 e. The predicted molar refractivity (Wildman–Crippen MR) is 131 cm³/mol. The Morgan fingerprint density at radius 1 is 1.09 bits per heavy atom. The molecule has 0 fully saturated rings. The van der Waals surface area contributed by atoms with Gasteiger partial charge in [0.1, 0.15) is 29.8 Å². The molecule has 4 nitrogen and oxygen atoms in total. The molecule has 1 N–H and O–H groups in total. The molecule has 0 bridgehead atoms. The van der Waals surface area contributed by atoms with E-state index in [1.54, 1.807) is 24.3 Å². The normalized spacial score (nSPS) is 11.0. The first-order valence-electron chi connectivity index (χ1n) is 9.78. The second kappa shape index (κ2) is 11.1. The molecule has 3 aromatic carbocycles. The lowest BCUT2D eigenvalue weighted by Crippen LogP contribution is -2.13. The Bertz CT molecular complexity index is 1180. The van der Waals surface area contributed by atoms with Crippen LogP contribution in [0.3, 0.4) is 0 Å². The Morgan fingerprint density at radius 2 is 1.78 bits per heavy atom. The van der Waals surface area contributed by atoms with Gasteiger partial charge < -0.3 is 10.1 Å². The first-order valence-corrected chi connectivity index (χ1v) is 11.4. The van der Waals surface area contributed by atoms with Gasteiger partial charge in [0, 0.05) is 5.69 Å². The van der Waals surface area contributed by atoms with Crippen molar-refractivity contribution in [2.45, 2.75) is 20.0 Å². The van der Waals surface area contributed by atoms with Crippen molar-refractivity contribution in [1.82, 2.24) is 0 Å². The predicted octanol–water partition coefficient (Wildman–Crippen LogP) is 7.04. The van der Waals surface area contributed by atoms with E-state index in [1.807, 2.05) is 30.3 Å². The highest BCUT2D eigenvalue weighted by Gasteiger charge is 2.13. The second-order valence-electron chi connectivity index (χ2n) is 6.91. The summed E-state index contributed by atoms with van der Waals surface area (Å²) < 4.78 is 20.4. The number of carbonyl (C=O) groups is 1. The Morgan fingerprint density at radius 3 is 2.38 bits per heavy atom. The maximum atomic E-state index is 13.4. The van der Waals surface area contributed by atoms with Crippen LogP contribution in [-0.2, 0) is 17.8 Å². The number of nitriles is 1. The molecule has 162 valence electrons. The van der Waals surface area contributed by atoms with Crippen molar-refractivity contribution in [3.63, 3.8) is 0 Å². The van der Waals surface area contributed by atoms with E-state index in [0.29, 0.717) is 31.5 Å². The number of ether oxygens (including phenoxy) is 1. The number of nitrogens with one attached hydrogen (secondary N) is 1. The molecular formula is C25H19Br2FN2O2. The van der Waals surface area contributed by atoms with Crippen LogP contribution in [0, 0.1) is 17.1 Å². The summed E-state index contributed by atoms with van der Waals surface area (Å²) in [5.41, 5.74) is 3.08. The van der Waals surface area contributed by atoms with Gasteiger partial charge in [0.2, 0.25) is 0 Å². The highest BCUT2D eigenvalue weighted by Crippen LogP contribution is 2.36. The van der Waals surface area contributed by atoms with Crippen molar-refractivity contribution in [3.05, 3.63) is 97.7 Å². The lowest BCUT2D eigenvalue weighted by Gasteiger charge is -2.12. The van der Waals surface area contributed by atoms with Gasteiger partial charge >= 0.3 is 0 Å². The first kappa shape index (κ1) is 23.7. The van der Waals surface area contributed by atoms with E-state index in [0.717, 1.165) is 12.0 Å². The van der Waals surface area contributed by atoms with Crippen LogP contribution in [0.1, 0.15) is 23.6 Å².